The molecule has 0 N–H and O–H groups in total. The number of nitrogens with zero attached hydrogens (tertiary/aromatic N) is 1. The minimum Gasteiger partial charge on any atom is -0.381 e. The number of nitriles is 1. The summed E-state index contributed by atoms with van der Waals surface area (Å²) in [4.78, 5) is 0. The lowest BCUT2D eigenvalue weighted by molar-refractivity contribution is 0.170. The molecule has 2 fully saturated rings. The Balaban J connectivity index is 2.01. The van der Waals surface area contributed by atoms with Gasteiger partial charge in [-0.15, -0.1) is 0 Å². The van der Waals surface area contributed by atoms with Crippen molar-refractivity contribution < 1.29 is 4.74 Å². The summed E-state index contributed by atoms with van der Waals surface area (Å²) in [6.45, 7) is 1.81. The molecule has 2 aliphatic rings. The molecule has 0 spiro atoms. The average Bonchev–Trinajstić information content (AvgIpc) is 2.42. The Morgan fingerprint density at radius 2 is 1.80 bits per heavy atom. The monoisotopic (exact) mass is 137 g/mol. The van der Waals surface area contributed by atoms with Gasteiger partial charge in [0.2, 0.25) is 0 Å². The molecular weight excluding hydrogens is 126 g/mol. The SMILES string of the molecule is N#CC1CC2COCC2C1. The van der Waals surface area contributed by atoms with Gasteiger partial charge >= 0.3 is 0 Å². The number of hydrogen-bond donors (Lipinski definition) is 0. The highest BCUT2D eigenvalue weighted by Crippen LogP contribution is 2.39. The maximum absolute atomic E-state index is 8.63. The van der Waals surface area contributed by atoms with Crippen LogP contribution in [-0.2, 0) is 4.74 Å². The van der Waals surface area contributed by atoms with E-state index >= 15 is 0 Å². The number of rotatable bonds is 0. The van der Waals surface area contributed by atoms with Gasteiger partial charge in [0, 0.05) is 19.1 Å². The van der Waals surface area contributed by atoms with Gasteiger partial charge in [-0.2, -0.15) is 5.26 Å². The summed E-state index contributed by atoms with van der Waals surface area (Å²) >= 11 is 0. The van der Waals surface area contributed by atoms with Gasteiger partial charge in [-0.1, -0.05) is 0 Å². The van der Waals surface area contributed by atoms with Crippen molar-refractivity contribution in [2.45, 2.75) is 12.8 Å². The Kier molecular flexibility index (Phi) is 1.39. The molecule has 0 radical (unpaired) electrons. The van der Waals surface area contributed by atoms with E-state index in [1.165, 1.54) is 0 Å². The van der Waals surface area contributed by atoms with Crippen LogP contribution >= 0.6 is 0 Å². The lowest BCUT2D eigenvalue weighted by Gasteiger charge is -2.00. The molecule has 0 amide bonds. The van der Waals surface area contributed by atoms with Crippen LogP contribution < -0.4 is 0 Å². The zero-order valence-electron chi connectivity index (χ0n) is 5.92. The molecule has 0 aromatic rings. The van der Waals surface area contributed by atoms with Crippen LogP contribution in [0.15, 0.2) is 0 Å². The van der Waals surface area contributed by atoms with Gasteiger partial charge in [0.15, 0.2) is 0 Å². The van der Waals surface area contributed by atoms with Crippen LogP contribution in [0.1, 0.15) is 12.8 Å². The second-order valence-electron chi connectivity index (χ2n) is 3.36. The molecule has 2 rings (SSSR count). The zero-order valence-corrected chi connectivity index (χ0v) is 5.92. The minimum atomic E-state index is 0.332. The summed E-state index contributed by atoms with van der Waals surface area (Å²) in [5, 5.41) is 8.63. The van der Waals surface area contributed by atoms with Gasteiger partial charge in [-0.25, -0.2) is 0 Å². The van der Waals surface area contributed by atoms with E-state index in [9.17, 15) is 0 Å². The van der Waals surface area contributed by atoms with Crippen LogP contribution in [0.5, 0.6) is 0 Å². The minimum absolute atomic E-state index is 0.332. The average molecular weight is 137 g/mol. The van der Waals surface area contributed by atoms with Crippen LogP contribution in [0.3, 0.4) is 0 Å². The molecule has 10 heavy (non-hydrogen) atoms. The highest BCUT2D eigenvalue weighted by molar-refractivity contribution is 4.95. The second-order valence-corrected chi connectivity index (χ2v) is 3.36. The third kappa shape index (κ3) is 0.819. The molecule has 1 heterocycles. The summed E-state index contributed by atoms with van der Waals surface area (Å²) in [6, 6.07) is 2.34. The Hall–Kier alpha value is -0.550. The largest absolute Gasteiger partial charge is 0.381 e. The molecule has 0 aromatic heterocycles. The number of ether oxygens (including phenoxy) is 1. The highest BCUT2D eigenvalue weighted by atomic mass is 16.5. The van der Waals surface area contributed by atoms with Crippen molar-refractivity contribution >= 4 is 0 Å². The van der Waals surface area contributed by atoms with E-state index in [1.54, 1.807) is 0 Å². The van der Waals surface area contributed by atoms with Gasteiger partial charge in [0.05, 0.1) is 6.07 Å². The molecule has 2 unspecified atom stereocenters. The van der Waals surface area contributed by atoms with E-state index in [-0.39, 0.29) is 0 Å². The normalized spacial score (nSPS) is 44.9. The Labute approximate surface area is 60.8 Å². The van der Waals surface area contributed by atoms with Crippen molar-refractivity contribution in [2.75, 3.05) is 13.2 Å². The number of hydrogen-bond acceptors (Lipinski definition) is 2. The molecule has 2 nitrogen and oxygen atoms in total. The summed E-state index contributed by atoms with van der Waals surface area (Å²) in [7, 11) is 0. The van der Waals surface area contributed by atoms with Crippen molar-refractivity contribution in [3.63, 3.8) is 0 Å². The third-order valence-corrected chi connectivity index (χ3v) is 2.69. The fourth-order valence-electron chi connectivity index (χ4n) is 2.10. The number of fused-ring (bicyclic) bond motifs is 1. The molecule has 1 aliphatic heterocycles. The van der Waals surface area contributed by atoms with Crippen LogP contribution in [0.25, 0.3) is 0 Å². The molecule has 2 heteroatoms. The van der Waals surface area contributed by atoms with Crippen LogP contribution in [0.4, 0.5) is 0 Å². The molecule has 2 atom stereocenters. The topological polar surface area (TPSA) is 33.0 Å². The molecule has 0 bridgehead atoms. The zero-order chi connectivity index (χ0) is 6.97. The van der Waals surface area contributed by atoms with Crippen LogP contribution in [0.2, 0.25) is 0 Å². The third-order valence-electron chi connectivity index (χ3n) is 2.69. The standard InChI is InChI=1S/C8H11NO/c9-3-6-1-7-4-10-5-8(7)2-6/h6-8H,1-2,4-5H2. The highest BCUT2D eigenvalue weighted by Gasteiger charge is 2.37. The summed E-state index contributed by atoms with van der Waals surface area (Å²) in [5.41, 5.74) is 0. The quantitative estimate of drug-likeness (QED) is 0.502. The Morgan fingerprint density at radius 1 is 1.20 bits per heavy atom. The molecule has 1 saturated carbocycles. The second kappa shape index (κ2) is 2.25. The van der Waals surface area contributed by atoms with Crippen LogP contribution in [-0.4, -0.2) is 13.2 Å². The van der Waals surface area contributed by atoms with Gasteiger partial charge < -0.3 is 4.74 Å². The summed E-state index contributed by atoms with van der Waals surface area (Å²) in [6.07, 6.45) is 2.17. The van der Waals surface area contributed by atoms with E-state index in [0.29, 0.717) is 17.8 Å². The first-order valence-corrected chi connectivity index (χ1v) is 3.87. The van der Waals surface area contributed by atoms with E-state index in [2.05, 4.69) is 6.07 Å². The lowest BCUT2D eigenvalue weighted by atomic mass is 10.0. The van der Waals surface area contributed by atoms with E-state index in [1.807, 2.05) is 0 Å². The van der Waals surface area contributed by atoms with Crippen molar-refractivity contribution in [2.24, 2.45) is 17.8 Å². The Bertz CT molecular complexity index is 161. The maximum Gasteiger partial charge on any atom is 0.0656 e. The van der Waals surface area contributed by atoms with E-state index < -0.39 is 0 Å². The molecule has 1 aliphatic carbocycles. The van der Waals surface area contributed by atoms with Gasteiger partial charge in [-0.05, 0) is 24.7 Å². The first kappa shape index (κ1) is 6.18. The smallest absolute Gasteiger partial charge is 0.0656 e. The van der Waals surface area contributed by atoms with Crippen molar-refractivity contribution in [3.8, 4) is 6.07 Å². The van der Waals surface area contributed by atoms with Gasteiger partial charge in [0.25, 0.3) is 0 Å². The first-order valence-electron chi connectivity index (χ1n) is 3.87. The van der Waals surface area contributed by atoms with E-state index in [4.69, 9.17) is 10.00 Å². The lowest BCUT2D eigenvalue weighted by Crippen LogP contribution is -2.01. The predicted molar refractivity (Wildman–Crippen MR) is 36.1 cm³/mol. The van der Waals surface area contributed by atoms with Crippen molar-refractivity contribution in [1.82, 2.24) is 0 Å². The molecule has 1 saturated heterocycles. The fraction of sp³-hybridized carbons (Fsp3) is 0.875. The van der Waals surface area contributed by atoms with Crippen molar-refractivity contribution in [3.05, 3.63) is 0 Å². The van der Waals surface area contributed by atoms with Gasteiger partial charge in [-0.3, -0.25) is 0 Å². The van der Waals surface area contributed by atoms with Gasteiger partial charge in [0.1, 0.15) is 0 Å². The fourth-order valence-corrected chi connectivity index (χ4v) is 2.10. The molecule has 54 valence electrons. The predicted octanol–water partition coefficient (Wildman–Crippen LogP) is 1.18. The first-order chi connectivity index (χ1) is 4.90. The summed E-state index contributed by atoms with van der Waals surface area (Å²) < 4.78 is 5.29. The molecular formula is C8H11NO. The Morgan fingerprint density at radius 3 is 2.30 bits per heavy atom. The van der Waals surface area contributed by atoms with E-state index in [0.717, 1.165) is 26.1 Å². The maximum atomic E-state index is 8.63. The summed E-state index contributed by atoms with van der Waals surface area (Å²) in [5.74, 6) is 1.76. The molecule has 0 aromatic carbocycles. The van der Waals surface area contributed by atoms with Crippen LogP contribution in [0, 0.1) is 29.1 Å². The van der Waals surface area contributed by atoms with Crippen molar-refractivity contribution in [1.29, 1.82) is 5.26 Å².